The molecule has 0 spiro atoms. The van der Waals surface area contributed by atoms with Crippen LogP contribution in [0.15, 0.2) is 48.5 Å². The molecule has 5 heteroatoms. The average molecular weight is 341 g/mol. The lowest BCUT2D eigenvalue weighted by Gasteiger charge is -2.11. The lowest BCUT2D eigenvalue weighted by atomic mass is 10.1. The van der Waals surface area contributed by atoms with Gasteiger partial charge in [-0.25, -0.2) is 4.79 Å². The van der Waals surface area contributed by atoms with E-state index in [1.165, 1.54) is 0 Å². The smallest absolute Gasteiger partial charge is 0.344 e. The molecule has 25 heavy (non-hydrogen) atoms. The van der Waals surface area contributed by atoms with Crippen LogP contribution in [-0.4, -0.2) is 24.6 Å². The Labute approximate surface area is 148 Å². The molecule has 0 atom stereocenters. The summed E-state index contributed by atoms with van der Waals surface area (Å²) in [5.74, 6) is -0.106. The number of benzene rings is 2. The fourth-order valence-corrected chi connectivity index (χ4v) is 2.29. The van der Waals surface area contributed by atoms with E-state index in [-0.39, 0.29) is 18.6 Å². The summed E-state index contributed by atoms with van der Waals surface area (Å²) >= 11 is 0. The summed E-state index contributed by atoms with van der Waals surface area (Å²) in [4.78, 5) is 23.8. The molecule has 0 saturated carbocycles. The number of nitrogens with one attached hydrogen (secondary N) is 1. The molecule has 2 aromatic rings. The van der Waals surface area contributed by atoms with Crippen LogP contribution in [0.4, 0.5) is 5.69 Å². The Kier molecular flexibility index (Phi) is 6.57. The van der Waals surface area contributed by atoms with E-state index < -0.39 is 5.97 Å². The standard InChI is InChI=1S/C20H23NO4/c1-4-15-7-5-6-8-18(15)21-20(23)16-9-11-17(12-10-16)24-13-19(22)25-14(2)3/h5-12,14H,4,13H2,1-3H3,(H,21,23). The highest BCUT2D eigenvalue weighted by molar-refractivity contribution is 6.04. The molecule has 1 N–H and O–H groups in total. The molecule has 0 aliphatic heterocycles. The Bertz CT molecular complexity index is 723. The Hall–Kier alpha value is -2.82. The molecule has 5 nitrogen and oxygen atoms in total. The first-order valence-corrected chi connectivity index (χ1v) is 8.31. The third-order valence-electron chi connectivity index (χ3n) is 3.49. The summed E-state index contributed by atoms with van der Waals surface area (Å²) in [7, 11) is 0. The number of hydrogen-bond acceptors (Lipinski definition) is 4. The third-order valence-corrected chi connectivity index (χ3v) is 3.49. The molecule has 2 rings (SSSR count). The number of hydrogen-bond donors (Lipinski definition) is 1. The zero-order chi connectivity index (χ0) is 18.2. The van der Waals surface area contributed by atoms with Crippen molar-refractivity contribution < 1.29 is 19.1 Å². The minimum absolute atomic E-state index is 0.159. The van der Waals surface area contributed by atoms with E-state index in [4.69, 9.17) is 9.47 Å². The van der Waals surface area contributed by atoms with Crippen molar-refractivity contribution in [2.24, 2.45) is 0 Å². The van der Waals surface area contributed by atoms with Crippen molar-refractivity contribution in [3.8, 4) is 5.75 Å². The van der Waals surface area contributed by atoms with E-state index in [0.717, 1.165) is 17.7 Å². The minimum atomic E-state index is -0.423. The van der Waals surface area contributed by atoms with Gasteiger partial charge in [-0.2, -0.15) is 0 Å². The molecule has 0 bridgehead atoms. The number of carbonyl (C=O) groups excluding carboxylic acids is 2. The van der Waals surface area contributed by atoms with Crippen LogP contribution in [0.25, 0.3) is 0 Å². The van der Waals surface area contributed by atoms with Gasteiger partial charge < -0.3 is 14.8 Å². The van der Waals surface area contributed by atoms with Gasteiger partial charge in [-0.15, -0.1) is 0 Å². The molecule has 0 aromatic heterocycles. The van der Waals surface area contributed by atoms with Crippen molar-refractivity contribution in [3.63, 3.8) is 0 Å². The topological polar surface area (TPSA) is 64.6 Å². The van der Waals surface area contributed by atoms with E-state index in [0.29, 0.717) is 11.3 Å². The van der Waals surface area contributed by atoms with E-state index in [1.54, 1.807) is 38.1 Å². The number of ether oxygens (including phenoxy) is 2. The van der Waals surface area contributed by atoms with Crippen molar-refractivity contribution in [1.82, 2.24) is 0 Å². The Balaban J connectivity index is 1.95. The van der Waals surface area contributed by atoms with Gasteiger partial charge in [0, 0.05) is 11.3 Å². The van der Waals surface area contributed by atoms with E-state index >= 15 is 0 Å². The van der Waals surface area contributed by atoms with Gasteiger partial charge >= 0.3 is 5.97 Å². The lowest BCUT2D eigenvalue weighted by Crippen LogP contribution is -2.18. The summed E-state index contributed by atoms with van der Waals surface area (Å²) in [6.45, 7) is 5.44. The average Bonchev–Trinajstić information content (AvgIpc) is 2.60. The predicted molar refractivity (Wildman–Crippen MR) is 96.9 cm³/mol. The first kappa shape index (κ1) is 18.5. The molecule has 0 saturated heterocycles. The Morgan fingerprint density at radius 1 is 1.04 bits per heavy atom. The molecular formula is C20H23NO4. The van der Waals surface area contributed by atoms with E-state index in [1.807, 2.05) is 31.2 Å². The fraction of sp³-hybridized carbons (Fsp3) is 0.300. The molecule has 0 fully saturated rings. The van der Waals surface area contributed by atoms with Crippen LogP contribution in [0.3, 0.4) is 0 Å². The monoisotopic (exact) mass is 341 g/mol. The first-order valence-electron chi connectivity index (χ1n) is 8.31. The van der Waals surface area contributed by atoms with Gasteiger partial charge in [-0.05, 0) is 56.2 Å². The van der Waals surface area contributed by atoms with Crippen molar-refractivity contribution >= 4 is 17.6 Å². The second-order valence-corrected chi connectivity index (χ2v) is 5.82. The number of carbonyl (C=O) groups is 2. The zero-order valence-corrected chi connectivity index (χ0v) is 14.7. The molecular weight excluding hydrogens is 318 g/mol. The molecule has 2 aromatic carbocycles. The number of aryl methyl sites for hydroxylation is 1. The normalized spacial score (nSPS) is 10.4. The molecule has 1 amide bonds. The van der Waals surface area contributed by atoms with Crippen molar-refractivity contribution in [2.45, 2.75) is 33.3 Å². The maximum absolute atomic E-state index is 12.4. The van der Waals surface area contributed by atoms with E-state index in [9.17, 15) is 9.59 Å². The third kappa shape index (κ3) is 5.64. The maximum atomic E-state index is 12.4. The summed E-state index contributed by atoms with van der Waals surface area (Å²) in [6, 6.07) is 14.3. The molecule has 0 unspecified atom stereocenters. The fourth-order valence-electron chi connectivity index (χ4n) is 2.29. The second kappa shape index (κ2) is 8.87. The highest BCUT2D eigenvalue weighted by Crippen LogP contribution is 2.18. The zero-order valence-electron chi connectivity index (χ0n) is 14.7. The SMILES string of the molecule is CCc1ccccc1NC(=O)c1ccc(OCC(=O)OC(C)C)cc1. The summed E-state index contributed by atoms with van der Waals surface area (Å²) < 4.78 is 10.3. The van der Waals surface area contributed by atoms with Crippen LogP contribution < -0.4 is 10.1 Å². The van der Waals surface area contributed by atoms with E-state index in [2.05, 4.69) is 5.32 Å². The van der Waals surface area contributed by atoms with Crippen LogP contribution in [-0.2, 0) is 16.0 Å². The van der Waals surface area contributed by atoms with Gasteiger partial charge in [0.25, 0.3) is 5.91 Å². The van der Waals surface area contributed by atoms with Crippen LogP contribution in [0, 0.1) is 0 Å². The first-order chi connectivity index (χ1) is 12.0. The van der Waals surface area contributed by atoms with Gasteiger partial charge in [0.1, 0.15) is 5.75 Å². The van der Waals surface area contributed by atoms with Gasteiger partial charge in [0.05, 0.1) is 6.10 Å². The predicted octanol–water partition coefficient (Wildman–Crippen LogP) is 3.83. The van der Waals surface area contributed by atoms with Crippen molar-refractivity contribution in [3.05, 3.63) is 59.7 Å². The van der Waals surface area contributed by atoms with Gasteiger partial charge in [0.2, 0.25) is 0 Å². The lowest BCUT2D eigenvalue weighted by molar-refractivity contribution is -0.149. The number of esters is 1. The van der Waals surface area contributed by atoms with Crippen LogP contribution >= 0.6 is 0 Å². The molecule has 0 radical (unpaired) electrons. The molecule has 132 valence electrons. The molecule has 0 aliphatic carbocycles. The van der Waals surface area contributed by atoms with Crippen LogP contribution in [0.2, 0.25) is 0 Å². The number of para-hydroxylation sites is 1. The quantitative estimate of drug-likeness (QED) is 0.777. The summed E-state index contributed by atoms with van der Waals surface area (Å²) in [5.41, 5.74) is 2.41. The molecule has 0 heterocycles. The Morgan fingerprint density at radius 3 is 2.36 bits per heavy atom. The Morgan fingerprint density at radius 2 is 1.72 bits per heavy atom. The van der Waals surface area contributed by atoms with Gasteiger partial charge in [-0.3, -0.25) is 4.79 Å². The number of rotatable bonds is 7. The van der Waals surface area contributed by atoms with Crippen LogP contribution in [0.5, 0.6) is 5.75 Å². The highest BCUT2D eigenvalue weighted by atomic mass is 16.6. The second-order valence-electron chi connectivity index (χ2n) is 5.82. The van der Waals surface area contributed by atoms with Gasteiger partial charge in [0.15, 0.2) is 6.61 Å². The van der Waals surface area contributed by atoms with Crippen LogP contribution in [0.1, 0.15) is 36.7 Å². The maximum Gasteiger partial charge on any atom is 0.344 e. The van der Waals surface area contributed by atoms with Gasteiger partial charge in [-0.1, -0.05) is 25.1 Å². The summed E-state index contributed by atoms with van der Waals surface area (Å²) in [5, 5.41) is 2.92. The van der Waals surface area contributed by atoms with Crippen molar-refractivity contribution in [1.29, 1.82) is 0 Å². The number of amides is 1. The largest absolute Gasteiger partial charge is 0.482 e. The summed E-state index contributed by atoms with van der Waals surface area (Å²) in [6.07, 6.45) is 0.670. The number of anilines is 1. The highest BCUT2D eigenvalue weighted by Gasteiger charge is 2.10. The van der Waals surface area contributed by atoms with Crippen molar-refractivity contribution in [2.75, 3.05) is 11.9 Å². The minimum Gasteiger partial charge on any atom is -0.482 e. The molecule has 0 aliphatic rings.